The lowest BCUT2D eigenvalue weighted by atomic mass is 10.1. The molecule has 0 spiro atoms. The summed E-state index contributed by atoms with van der Waals surface area (Å²) in [7, 11) is 0. The molecule has 0 saturated heterocycles. The summed E-state index contributed by atoms with van der Waals surface area (Å²) < 4.78 is 5.19. The molecule has 0 aliphatic carbocycles. The van der Waals surface area contributed by atoms with E-state index >= 15 is 0 Å². The summed E-state index contributed by atoms with van der Waals surface area (Å²) in [5.74, 6) is -1.30. The van der Waals surface area contributed by atoms with E-state index in [9.17, 15) is 19.8 Å². The maximum atomic E-state index is 12.0. The molecule has 1 aromatic carbocycles. The van der Waals surface area contributed by atoms with Gasteiger partial charge >= 0.3 is 5.97 Å². The van der Waals surface area contributed by atoms with Crippen LogP contribution in [0.25, 0.3) is 0 Å². The number of anilines is 1. The number of aliphatic hydroxyl groups is 1. The molecule has 0 aromatic heterocycles. The zero-order valence-electron chi connectivity index (χ0n) is 13.6. The van der Waals surface area contributed by atoms with Crippen LogP contribution in [-0.4, -0.2) is 33.3 Å². The lowest BCUT2D eigenvalue weighted by Gasteiger charge is -2.20. The van der Waals surface area contributed by atoms with E-state index in [-0.39, 0.29) is 17.7 Å². The van der Waals surface area contributed by atoms with Gasteiger partial charge in [0.05, 0.1) is 12.0 Å². The minimum atomic E-state index is -1.13. The van der Waals surface area contributed by atoms with Gasteiger partial charge in [-0.05, 0) is 52.8 Å². The first kappa shape index (κ1) is 18.0. The van der Waals surface area contributed by atoms with Crippen LogP contribution in [0.5, 0.6) is 5.75 Å². The van der Waals surface area contributed by atoms with Crippen LogP contribution in [0.3, 0.4) is 0 Å². The number of hydrogen-bond acceptors (Lipinski definition) is 5. The van der Waals surface area contributed by atoms with Crippen LogP contribution in [0.4, 0.5) is 5.69 Å². The maximum absolute atomic E-state index is 12.0. The molecule has 0 aliphatic rings. The lowest BCUT2D eigenvalue weighted by Crippen LogP contribution is -2.27. The van der Waals surface area contributed by atoms with Crippen molar-refractivity contribution >= 4 is 17.6 Å². The molecule has 0 saturated carbocycles. The van der Waals surface area contributed by atoms with Gasteiger partial charge < -0.3 is 20.3 Å². The molecule has 0 unspecified atom stereocenters. The molecule has 6 heteroatoms. The Labute approximate surface area is 130 Å². The Hall–Kier alpha value is -2.08. The molecular weight excluding hydrogens is 286 g/mol. The summed E-state index contributed by atoms with van der Waals surface area (Å²) in [6.07, 6.45) is -0.0877. The van der Waals surface area contributed by atoms with Crippen molar-refractivity contribution in [2.75, 3.05) is 5.32 Å². The van der Waals surface area contributed by atoms with Crippen LogP contribution in [0.15, 0.2) is 18.2 Å². The molecule has 1 rings (SSSR count). The van der Waals surface area contributed by atoms with Crippen LogP contribution < -0.4 is 5.32 Å². The van der Waals surface area contributed by atoms with E-state index in [1.807, 2.05) is 0 Å². The average Bonchev–Trinajstić information content (AvgIpc) is 2.26. The van der Waals surface area contributed by atoms with Crippen LogP contribution in [0, 0.1) is 0 Å². The van der Waals surface area contributed by atoms with Crippen molar-refractivity contribution in [3.05, 3.63) is 23.8 Å². The van der Waals surface area contributed by atoms with Crippen molar-refractivity contribution in [2.45, 2.75) is 52.2 Å². The maximum Gasteiger partial charge on any atom is 0.342 e. The number of phenolic OH excluding ortho intramolecular Hbond substituents is 1. The van der Waals surface area contributed by atoms with Gasteiger partial charge in [0, 0.05) is 5.69 Å². The summed E-state index contributed by atoms with van der Waals surface area (Å²) in [5, 5.41) is 21.9. The monoisotopic (exact) mass is 309 g/mol. The zero-order chi connectivity index (χ0) is 17.1. The largest absolute Gasteiger partial charge is 0.507 e. The molecule has 6 nitrogen and oxygen atoms in total. The third kappa shape index (κ3) is 6.13. The van der Waals surface area contributed by atoms with Gasteiger partial charge in [0.15, 0.2) is 0 Å². The van der Waals surface area contributed by atoms with E-state index in [1.165, 1.54) is 32.0 Å². The van der Waals surface area contributed by atoms with Crippen molar-refractivity contribution in [3.63, 3.8) is 0 Å². The SMILES string of the molecule is CC(C)(O)CC(=O)Nc1ccc(O)c(C(=O)OC(C)(C)C)c1. The normalized spacial score (nSPS) is 11.9. The summed E-state index contributed by atoms with van der Waals surface area (Å²) in [4.78, 5) is 23.8. The summed E-state index contributed by atoms with van der Waals surface area (Å²) in [5.41, 5.74) is -1.51. The second kappa shape index (κ2) is 6.36. The lowest BCUT2D eigenvalue weighted by molar-refractivity contribution is -0.119. The molecule has 0 fully saturated rings. The third-order valence-electron chi connectivity index (χ3n) is 2.49. The number of carbonyl (C=O) groups is 2. The molecule has 0 atom stereocenters. The quantitative estimate of drug-likeness (QED) is 0.586. The van der Waals surface area contributed by atoms with Crippen molar-refractivity contribution in [1.29, 1.82) is 0 Å². The summed E-state index contributed by atoms with van der Waals surface area (Å²) >= 11 is 0. The second-order valence-corrected chi connectivity index (χ2v) is 6.77. The number of esters is 1. The average molecular weight is 309 g/mol. The molecule has 3 N–H and O–H groups in total. The van der Waals surface area contributed by atoms with Gasteiger partial charge in [0.1, 0.15) is 16.9 Å². The fraction of sp³-hybridized carbons (Fsp3) is 0.500. The Morgan fingerprint density at radius 1 is 1.18 bits per heavy atom. The van der Waals surface area contributed by atoms with Gasteiger partial charge in [-0.25, -0.2) is 4.79 Å². The van der Waals surface area contributed by atoms with Crippen LogP contribution in [0.1, 0.15) is 51.4 Å². The minimum Gasteiger partial charge on any atom is -0.507 e. The smallest absolute Gasteiger partial charge is 0.342 e. The number of nitrogens with one attached hydrogen (secondary N) is 1. The Bertz CT molecular complexity index is 567. The zero-order valence-corrected chi connectivity index (χ0v) is 13.6. The third-order valence-corrected chi connectivity index (χ3v) is 2.49. The van der Waals surface area contributed by atoms with Gasteiger partial charge in [-0.1, -0.05) is 0 Å². The topological polar surface area (TPSA) is 95.9 Å². The highest BCUT2D eigenvalue weighted by atomic mass is 16.6. The van der Waals surface area contributed by atoms with Gasteiger partial charge in [0.2, 0.25) is 5.91 Å². The van der Waals surface area contributed by atoms with E-state index in [2.05, 4.69) is 5.32 Å². The van der Waals surface area contributed by atoms with E-state index in [4.69, 9.17) is 4.74 Å². The standard InChI is InChI=1S/C16H23NO5/c1-15(2,3)22-14(20)11-8-10(6-7-12(11)18)17-13(19)9-16(4,5)21/h6-8,18,21H,9H2,1-5H3,(H,17,19). The number of phenols is 1. The number of aromatic hydroxyl groups is 1. The Morgan fingerprint density at radius 2 is 1.77 bits per heavy atom. The van der Waals surface area contributed by atoms with Crippen LogP contribution in [0.2, 0.25) is 0 Å². The first-order valence-corrected chi connectivity index (χ1v) is 6.96. The number of ether oxygens (including phenoxy) is 1. The fourth-order valence-corrected chi connectivity index (χ4v) is 1.71. The van der Waals surface area contributed by atoms with E-state index in [1.54, 1.807) is 20.8 Å². The second-order valence-electron chi connectivity index (χ2n) is 6.77. The van der Waals surface area contributed by atoms with E-state index in [0.717, 1.165) is 0 Å². The van der Waals surface area contributed by atoms with E-state index in [0.29, 0.717) is 5.69 Å². The number of carbonyl (C=O) groups excluding carboxylic acids is 2. The molecule has 122 valence electrons. The number of amides is 1. The predicted molar refractivity (Wildman–Crippen MR) is 82.8 cm³/mol. The predicted octanol–water partition coefficient (Wildman–Crippen LogP) is 2.45. The number of rotatable bonds is 4. The number of benzene rings is 1. The highest BCUT2D eigenvalue weighted by Crippen LogP contribution is 2.24. The Morgan fingerprint density at radius 3 is 2.27 bits per heavy atom. The summed E-state index contributed by atoms with van der Waals surface area (Å²) in [6, 6.07) is 4.11. The van der Waals surface area contributed by atoms with Crippen molar-refractivity contribution in [1.82, 2.24) is 0 Å². The van der Waals surface area contributed by atoms with Crippen molar-refractivity contribution in [3.8, 4) is 5.75 Å². The molecule has 1 aromatic rings. The fourth-order valence-electron chi connectivity index (χ4n) is 1.71. The molecule has 1 amide bonds. The van der Waals surface area contributed by atoms with Crippen molar-refractivity contribution < 1.29 is 24.5 Å². The highest BCUT2D eigenvalue weighted by molar-refractivity contribution is 5.96. The first-order valence-electron chi connectivity index (χ1n) is 6.96. The van der Waals surface area contributed by atoms with Gasteiger partial charge in [-0.3, -0.25) is 4.79 Å². The van der Waals surface area contributed by atoms with Gasteiger partial charge in [0.25, 0.3) is 0 Å². The van der Waals surface area contributed by atoms with Crippen molar-refractivity contribution in [2.24, 2.45) is 0 Å². The Balaban J connectivity index is 2.91. The summed E-state index contributed by atoms with van der Waals surface area (Å²) in [6.45, 7) is 8.20. The minimum absolute atomic E-state index is 0.0315. The van der Waals surface area contributed by atoms with Gasteiger partial charge in [-0.15, -0.1) is 0 Å². The molecule has 0 radical (unpaired) electrons. The Kier molecular flexibility index (Phi) is 5.19. The molecular formula is C16H23NO5. The van der Waals surface area contributed by atoms with Crippen LogP contribution in [-0.2, 0) is 9.53 Å². The first-order chi connectivity index (χ1) is 9.87. The van der Waals surface area contributed by atoms with Gasteiger partial charge in [-0.2, -0.15) is 0 Å². The molecule has 0 heterocycles. The van der Waals surface area contributed by atoms with Crippen LogP contribution >= 0.6 is 0 Å². The molecule has 0 aliphatic heterocycles. The molecule has 22 heavy (non-hydrogen) atoms. The van der Waals surface area contributed by atoms with E-state index < -0.39 is 23.1 Å². The highest BCUT2D eigenvalue weighted by Gasteiger charge is 2.22. The number of hydrogen-bond donors (Lipinski definition) is 3. The molecule has 0 bridgehead atoms.